The van der Waals surface area contributed by atoms with Gasteiger partial charge in [-0.05, 0) is 18.6 Å². The number of nitrogens with one attached hydrogen (secondary N) is 1. The molecule has 0 spiro atoms. The highest BCUT2D eigenvalue weighted by atomic mass is 16.6. The Balaban J connectivity index is 1.78. The minimum Gasteiger partial charge on any atom is -0.379 e. The summed E-state index contributed by atoms with van der Waals surface area (Å²) >= 11 is 0. The summed E-state index contributed by atoms with van der Waals surface area (Å²) < 4.78 is 1.83. The molecule has 112 valence electrons. The van der Waals surface area contributed by atoms with Crippen LogP contribution < -0.4 is 5.32 Å². The van der Waals surface area contributed by atoms with E-state index in [2.05, 4.69) is 15.3 Å². The van der Waals surface area contributed by atoms with E-state index < -0.39 is 0 Å². The van der Waals surface area contributed by atoms with Gasteiger partial charge in [0.25, 0.3) is 5.69 Å². The summed E-state index contributed by atoms with van der Waals surface area (Å²) in [5.41, 5.74) is 2.39. The standard InChI is InChI=1S/C15H15N5O2/c1-2-11-4-5-12(8-14(11)20(21)22)17-9-13-10-19-7-3-6-16-15(19)18-13/h3-8,10,17H,2,9H2,1H3. The van der Waals surface area contributed by atoms with Crippen LogP contribution in [-0.4, -0.2) is 19.3 Å². The maximum Gasteiger partial charge on any atom is 0.274 e. The number of nitro benzene ring substituents is 1. The summed E-state index contributed by atoms with van der Waals surface area (Å²) in [7, 11) is 0. The van der Waals surface area contributed by atoms with Crippen LogP contribution in [0.3, 0.4) is 0 Å². The van der Waals surface area contributed by atoms with Crippen molar-refractivity contribution in [3.8, 4) is 0 Å². The third-order valence-electron chi connectivity index (χ3n) is 3.42. The van der Waals surface area contributed by atoms with Gasteiger partial charge >= 0.3 is 0 Å². The zero-order chi connectivity index (χ0) is 15.5. The quantitative estimate of drug-likeness (QED) is 0.578. The minimum absolute atomic E-state index is 0.143. The van der Waals surface area contributed by atoms with E-state index in [1.165, 1.54) is 0 Å². The number of benzene rings is 1. The molecule has 0 amide bonds. The van der Waals surface area contributed by atoms with Gasteiger partial charge in [-0.15, -0.1) is 0 Å². The summed E-state index contributed by atoms with van der Waals surface area (Å²) in [6.45, 7) is 2.38. The summed E-state index contributed by atoms with van der Waals surface area (Å²) in [5.74, 6) is 0.631. The van der Waals surface area contributed by atoms with Crippen molar-refractivity contribution in [2.45, 2.75) is 19.9 Å². The highest BCUT2D eigenvalue weighted by molar-refractivity contribution is 5.55. The van der Waals surface area contributed by atoms with E-state index in [0.717, 1.165) is 11.3 Å². The predicted molar refractivity (Wildman–Crippen MR) is 82.8 cm³/mol. The average Bonchev–Trinajstić information content (AvgIpc) is 2.95. The maximum atomic E-state index is 11.1. The van der Waals surface area contributed by atoms with Crippen LogP contribution in [0.15, 0.2) is 42.9 Å². The number of aryl methyl sites for hydroxylation is 1. The monoisotopic (exact) mass is 297 g/mol. The molecule has 0 unspecified atom stereocenters. The van der Waals surface area contributed by atoms with Crippen LogP contribution in [-0.2, 0) is 13.0 Å². The van der Waals surface area contributed by atoms with E-state index in [1.807, 2.05) is 35.9 Å². The van der Waals surface area contributed by atoms with Crippen molar-refractivity contribution >= 4 is 17.2 Å². The summed E-state index contributed by atoms with van der Waals surface area (Å²) in [6.07, 6.45) is 6.07. The molecule has 3 aromatic rings. The summed E-state index contributed by atoms with van der Waals surface area (Å²) in [6, 6.07) is 7.02. The number of nitro groups is 1. The highest BCUT2D eigenvalue weighted by Crippen LogP contribution is 2.24. The lowest BCUT2D eigenvalue weighted by molar-refractivity contribution is -0.385. The van der Waals surface area contributed by atoms with Gasteiger partial charge in [0.1, 0.15) is 0 Å². The Morgan fingerprint density at radius 3 is 3.00 bits per heavy atom. The van der Waals surface area contributed by atoms with Gasteiger partial charge in [0.05, 0.1) is 17.2 Å². The molecule has 7 heteroatoms. The van der Waals surface area contributed by atoms with Crippen LogP contribution in [0.2, 0.25) is 0 Å². The van der Waals surface area contributed by atoms with E-state index in [9.17, 15) is 10.1 Å². The smallest absolute Gasteiger partial charge is 0.274 e. The van der Waals surface area contributed by atoms with E-state index in [1.54, 1.807) is 18.3 Å². The highest BCUT2D eigenvalue weighted by Gasteiger charge is 2.13. The van der Waals surface area contributed by atoms with Gasteiger partial charge in [-0.3, -0.25) is 14.5 Å². The molecule has 0 saturated heterocycles. The SMILES string of the molecule is CCc1ccc(NCc2cn3cccnc3n2)cc1[N+](=O)[O-]. The number of hydrogen-bond donors (Lipinski definition) is 1. The first-order valence-corrected chi connectivity index (χ1v) is 6.97. The Morgan fingerprint density at radius 1 is 1.41 bits per heavy atom. The van der Waals surface area contributed by atoms with Crippen molar-refractivity contribution in [1.82, 2.24) is 14.4 Å². The molecule has 0 aliphatic rings. The third-order valence-corrected chi connectivity index (χ3v) is 3.42. The van der Waals surface area contributed by atoms with E-state index in [-0.39, 0.29) is 10.6 Å². The second-order valence-corrected chi connectivity index (χ2v) is 4.87. The van der Waals surface area contributed by atoms with E-state index in [0.29, 0.717) is 24.4 Å². The summed E-state index contributed by atoms with van der Waals surface area (Å²) in [5, 5.41) is 14.2. The van der Waals surface area contributed by atoms with Crippen molar-refractivity contribution in [3.63, 3.8) is 0 Å². The molecule has 2 heterocycles. The van der Waals surface area contributed by atoms with Gasteiger partial charge in [-0.25, -0.2) is 9.97 Å². The van der Waals surface area contributed by atoms with Gasteiger partial charge in [-0.2, -0.15) is 0 Å². The second-order valence-electron chi connectivity index (χ2n) is 4.87. The molecule has 3 rings (SSSR count). The topological polar surface area (TPSA) is 85.4 Å². The first kappa shape index (κ1) is 14.0. The minimum atomic E-state index is -0.348. The zero-order valence-electron chi connectivity index (χ0n) is 12.1. The van der Waals surface area contributed by atoms with Crippen molar-refractivity contribution < 1.29 is 4.92 Å². The molecular formula is C15H15N5O2. The Hall–Kier alpha value is -2.96. The Labute approximate surface area is 126 Å². The number of imidazole rings is 1. The van der Waals surface area contributed by atoms with Crippen LogP contribution in [0.25, 0.3) is 5.78 Å². The molecule has 0 fully saturated rings. The number of nitrogens with zero attached hydrogens (tertiary/aromatic N) is 4. The van der Waals surface area contributed by atoms with Crippen LogP contribution in [0, 0.1) is 10.1 Å². The van der Waals surface area contributed by atoms with E-state index in [4.69, 9.17) is 0 Å². The number of rotatable bonds is 5. The Kier molecular flexibility index (Phi) is 3.69. The normalized spacial score (nSPS) is 10.8. The van der Waals surface area contributed by atoms with Gasteiger partial charge in [0, 0.05) is 35.9 Å². The molecule has 0 aliphatic heterocycles. The Morgan fingerprint density at radius 2 is 2.27 bits per heavy atom. The van der Waals surface area contributed by atoms with Crippen molar-refractivity contribution in [2.24, 2.45) is 0 Å². The number of aromatic nitrogens is 3. The Bertz CT molecular complexity index is 795. The molecule has 0 atom stereocenters. The van der Waals surface area contributed by atoms with Crippen molar-refractivity contribution in [1.29, 1.82) is 0 Å². The molecule has 0 bridgehead atoms. The molecular weight excluding hydrogens is 282 g/mol. The molecule has 2 aromatic heterocycles. The molecule has 0 aliphatic carbocycles. The molecule has 1 aromatic carbocycles. The lowest BCUT2D eigenvalue weighted by Crippen LogP contribution is -2.01. The van der Waals surface area contributed by atoms with Crippen LogP contribution in [0.1, 0.15) is 18.2 Å². The summed E-state index contributed by atoms with van der Waals surface area (Å²) in [4.78, 5) is 19.3. The molecule has 1 N–H and O–H groups in total. The molecule has 0 saturated carbocycles. The molecule has 7 nitrogen and oxygen atoms in total. The lowest BCUT2D eigenvalue weighted by Gasteiger charge is -2.06. The predicted octanol–water partition coefficient (Wildman–Crippen LogP) is 2.81. The van der Waals surface area contributed by atoms with Gasteiger partial charge in [0.2, 0.25) is 5.78 Å². The van der Waals surface area contributed by atoms with Crippen molar-refractivity contribution in [3.05, 3.63) is 64.2 Å². The third kappa shape index (κ3) is 2.73. The van der Waals surface area contributed by atoms with Crippen LogP contribution >= 0.6 is 0 Å². The van der Waals surface area contributed by atoms with Crippen LogP contribution in [0.5, 0.6) is 0 Å². The van der Waals surface area contributed by atoms with Gasteiger partial charge in [0.15, 0.2) is 0 Å². The van der Waals surface area contributed by atoms with Gasteiger partial charge < -0.3 is 5.32 Å². The number of fused-ring (bicyclic) bond motifs is 1. The average molecular weight is 297 g/mol. The second kappa shape index (κ2) is 5.80. The number of hydrogen-bond acceptors (Lipinski definition) is 5. The van der Waals surface area contributed by atoms with Crippen LogP contribution in [0.4, 0.5) is 11.4 Å². The first-order chi connectivity index (χ1) is 10.7. The first-order valence-electron chi connectivity index (χ1n) is 6.97. The fraction of sp³-hybridized carbons (Fsp3) is 0.200. The lowest BCUT2D eigenvalue weighted by atomic mass is 10.1. The molecule has 22 heavy (non-hydrogen) atoms. The van der Waals surface area contributed by atoms with E-state index >= 15 is 0 Å². The van der Waals surface area contributed by atoms with Crippen molar-refractivity contribution in [2.75, 3.05) is 5.32 Å². The maximum absolute atomic E-state index is 11.1. The largest absolute Gasteiger partial charge is 0.379 e. The number of anilines is 1. The zero-order valence-corrected chi connectivity index (χ0v) is 12.1. The molecule has 0 radical (unpaired) electrons. The van der Waals surface area contributed by atoms with Gasteiger partial charge in [-0.1, -0.05) is 13.0 Å². The fourth-order valence-corrected chi connectivity index (χ4v) is 2.30. The fourth-order valence-electron chi connectivity index (χ4n) is 2.30.